The lowest BCUT2D eigenvalue weighted by atomic mass is 9.96. The summed E-state index contributed by atoms with van der Waals surface area (Å²) >= 11 is 0. The van der Waals surface area contributed by atoms with Crippen molar-refractivity contribution in [3.05, 3.63) is 6.33 Å². The van der Waals surface area contributed by atoms with Gasteiger partial charge in [-0.15, -0.1) is 0 Å². The molecule has 0 aliphatic carbocycles. The number of aliphatic hydroxyl groups is 2. The highest BCUT2D eigenvalue weighted by Gasteiger charge is 2.54. The molecule has 0 saturated carbocycles. The Bertz CT molecular complexity index is 1230. The fourth-order valence-electron chi connectivity index (χ4n) is 4.04. The van der Waals surface area contributed by atoms with Gasteiger partial charge in [0.15, 0.2) is 17.4 Å². The quantitative estimate of drug-likeness (QED) is 0.148. The fourth-order valence-corrected chi connectivity index (χ4v) is 5.85. The summed E-state index contributed by atoms with van der Waals surface area (Å²) in [7, 11) is -2.81. The Morgan fingerprint density at radius 2 is 1.77 bits per heavy atom. The molecule has 0 spiro atoms. The van der Waals surface area contributed by atoms with Crippen molar-refractivity contribution >= 4 is 36.7 Å². The van der Waals surface area contributed by atoms with Gasteiger partial charge in [-0.2, -0.15) is 9.97 Å². The van der Waals surface area contributed by atoms with Crippen molar-refractivity contribution in [2.45, 2.75) is 70.7 Å². The number of ether oxygens (including phenoxy) is 4. The van der Waals surface area contributed by atoms with Crippen LogP contribution in [0.5, 0.6) is 5.88 Å². The van der Waals surface area contributed by atoms with Gasteiger partial charge in [0.05, 0.1) is 33.3 Å². The maximum atomic E-state index is 13.7. The molecule has 17 nitrogen and oxygen atoms in total. The zero-order valence-electron chi connectivity index (χ0n) is 23.1. The summed E-state index contributed by atoms with van der Waals surface area (Å²) in [5.74, 6) is -1.43. The number of hydrogen-bond donors (Lipinski definition) is 5. The highest BCUT2D eigenvalue weighted by atomic mass is 31.2. The molecule has 1 fully saturated rings. The average molecular weight is 590 g/mol. The Labute approximate surface area is 230 Å². The molecule has 2 aromatic heterocycles. The minimum absolute atomic E-state index is 0.0899. The first-order valence-corrected chi connectivity index (χ1v) is 14.1. The molecule has 6 N–H and O–H groups in total. The number of fused-ring (bicyclic) bond motifs is 1. The van der Waals surface area contributed by atoms with E-state index in [1.807, 2.05) is 0 Å². The highest BCUT2D eigenvalue weighted by molar-refractivity contribution is 7.54. The Kier molecular flexibility index (Phi) is 10.1. The van der Waals surface area contributed by atoms with Crippen molar-refractivity contribution in [1.82, 2.24) is 29.7 Å². The normalized spacial score (nSPS) is 25.8. The maximum absolute atomic E-state index is 13.7. The Balaban J connectivity index is 1.84. The van der Waals surface area contributed by atoms with Gasteiger partial charge in [-0.25, -0.2) is 15.2 Å². The number of aliphatic hydroxyl groups excluding tert-OH is 1. The van der Waals surface area contributed by atoms with Crippen LogP contribution in [-0.4, -0.2) is 98.5 Å². The smallest absolute Gasteiger partial charge is 0.342 e. The Morgan fingerprint density at radius 1 is 1.20 bits per heavy atom. The lowest BCUT2D eigenvalue weighted by molar-refractivity contribution is -0.145. The third kappa shape index (κ3) is 6.68. The van der Waals surface area contributed by atoms with Gasteiger partial charge in [-0.1, -0.05) is 0 Å². The number of nitrogens with two attached hydrogens (primary N) is 1. The van der Waals surface area contributed by atoms with Crippen molar-refractivity contribution in [3.63, 3.8) is 0 Å². The van der Waals surface area contributed by atoms with Crippen molar-refractivity contribution in [1.29, 1.82) is 0 Å². The van der Waals surface area contributed by atoms with E-state index in [4.69, 9.17) is 29.2 Å². The van der Waals surface area contributed by atoms with Gasteiger partial charge in [0, 0.05) is 0 Å². The summed E-state index contributed by atoms with van der Waals surface area (Å²) in [6, 6.07) is -2.20. The number of carbonyl (C=O) groups excluding carboxylic acids is 2. The number of rotatable bonds is 13. The van der Waals surface area contributed by atoms with E-state index in [2.05, 4.69) is 25.1 Å². The second-order valence-corrected chi connectivity index (χ2v) is 11.0. The van der Waals surface area contributed by atoms with Crippen molar-refractivity contribution in [3.8, 4) is 5.88 Å². The van der Waals surface area contributed by atoms with Crippen LogP contribution in [-0.2, 0) is 32.9 Å². The molecule has 224 valence electrons. The second kappa shape index (κ2) is 12.7. The van der Waals surface area contributed by atoms with Crippen molar-refractivity contribution < 1.29 is 47.8 Å². The van der Waals surface area contributed by atoms with Crippen LogP contribution in [0.4, 0.5) is 5.95 Å². The Hall–Kier alpha value is -2.92. The topological polar surface area (TPSA) is 232 Å². The molecule has 4 unspecified atom stereocenters. The van der Waals surface area contributed by atoms with E-state index in [0.717, 1.165) is 0 Å². The average Bonchev–Trinajstić information content (AvgIpc) is 3.40. The third-order valence-corrected chi connectivity index (χ3v) is 8.00. The Morgan fingerprint density at radius 3 is 2.30 bits per heavy atom. The molecule has 0 bridgehead atoms. The lowest BCUT2D eigenvalue weighted by Crippen LogP contribution is -2.45. The minimum atomic E-state index is -4.19. The minimum Gasteiger partial charge on any atom is -0.479 e. The van der Waals surface area contributed by atoms with Crippen molar-refractivity contribution in [2.75, 3.05) is 32.7 Å². The zero-order chi connectivity index (χ0) is 29.8. The molecule has 3 heterocycles. The van der Waals surface area contributed by atoms with Gasteiger partial charge in [0.25, 0.3) is 0 Å². The molecule has 0 amide bonds. The van der Waals surface area contributed by atoms with Gasteiger partial charge in [-0.05, 0) is 34.6 Å². The van der Waals surface area contributed by atoms with Gasteiger partial charge in [0.2, 0.25) is 11.8 Å². The first-order chi connectivity index (χ1) is 18.8. The van der Waals surface area contributed by atoms with Crippen LogP contribution < -0.4 is 20.6 Å². The molecular weight excluding hydrogens is 553 g/mol. The molecule has 0 aromatic carbocycles. The van der Waals surface area contributed by atoms with Gasteiger partial charge in [-0.3, -0.25) is 18.7 Å². The molecule has 1 aliphatic heterocycles. The molecule has 1 aliphatic rings. The molecule has 3 rings (SSSR count). The van der Waals surface area contributed by atoms with Gasteiger partial charge in [0.1, 0.15) is 29.9 Å². The van der Waals surface area contributed by atoms with Gasteiger partial charge >= 0.3 is 19.6 Å². The van der Waals surface area contributed by atoms with Crippen LogP contribution >= 0.6 is 7.67 Å². The highest BCUT2D eigenvalue weighted by Crippen LogP contribution is 2.44. The summed E-state index contributed by atoms with van der Waals surface area (Å²) in [4.78, 5) is 36.7. The summed E-state index contributed by atoms with van der Waals surface area (Å²) < 4.78 is 41.7. The number of nitrogen functional groups attached to an aromatic ring is 1. The summed E-state index contributed by atoms with van der Waals surface area (Å²) in [5, 5.41) is 27.2. The number of aromatic nitrogens is 4. The molecule has 18 heteroatoms. The number of carbonyl (C=O) groups is 2. The third-order valence-electron chi connectivity index (χ3n) is 6.04. The van der Waals surface area contributed by atoms with E-state index in [1.165, 1.54) is 38.8 Å². The van der Waals surface area contributed by atoms with Crippen LogP contribution in [0.3, 0.4) is 0 Å². The van der Waals surface area contributed by atoms with E-state index >= 15 is 0 Å². The van der Waals surface area contributed by atoms with Crippen LogP contribution in [0.15, 0.2) is 6.33 Å². The number of nitrogens with zero attached hydrogens (tertiary/aromatic N) is 4. The van der Waals surface area contributed by atoms with E-state index in [1.54, 1.807) is 13.8 Å². The van der Waals surface area contributed by atoms with Gasteiger partial charge < -0.3 is 39.4 Å². The number of esters is 2. The van der Waals surface area contributed by atoms with Crippen LogP contribution in [0.2, 0.25) is 0 Å². The largest absolute Gasteiger partial charge is 0.479 e. The molecule has 0 radical (unpaired) electrons. The second-order valence-electron chi connectivity index (χ2n) is 9.17. The van der Waals surface area contributed by atoms with Crippen molar-refractivity contribution in [2.24, 2.45) is 0 Å². The molecule has 1 saturated heterocycles. The summed E-state index contributed by atoms with van der Waals surface area (Å²) in [6.45, 7) is 7.00. The number of methoxy groups -OCH3 is 1. The maximum Gasteiger partial charge on any atom is 0.342 e. The van der Waals surface area contributed by atoms with Crippen LogP contribution in [0.25, 0.3) is 11.2 Å². The van der Waals surface area contributed by atoms with Crippen LogP contribution in [0, 0.1) is 0 Å². The van der Waals surface area contributed by atoms with Crippen LogP contribution in [0.1, 0.15) is 40.8 Å². The first-order valence-electron chi connectivity index (χ1n) is 12.5. The molecule has 7 atom stereocenters. The van der Waals surface area contributed by atoms with E-state index in [0.29, 0.717) is 0 Å². The fraction of sp³-hybridized carbons (Fsp3) is 0.682. The van der Waals surface area contributed by atoms with E-state index in [9.17, 15) is 24.4 Å². The van der Waals surface area contributed by atoms with E-state index in [-0.39, 0.29) is 36.2 Å². The number of nitrogens with one attached hydrogen (secondary N) is 2. The monoisotopic (exact) mass is 589 g/mol. The summed E-state index contributed by atoms with van der Waals surface area (Å²) in [6.07, 6.45) is -2.70. The summed E-state index contributed by atoms with van der Waals surface area (Å²) in [5.41, 5.74) is 4.28. The van der Waals surface area contributed by atoms with E-state index < -0.39 is 62.3 Å². The number of hydrogen-bond acceptors (Lipinski definition) is 14. The number of anilines is 1. The molecule has 2 aromatic rings. The zero-order valence-corrected chi connectivity index (χ0v) is 24.0. The molecule has 40 heavy (non-hydrogen) atoms. The predicted molar refractivity (Wildman–Crippen MR) is 139 cm³/mol. The molecular formula is C22H36N7O10P. The SMILES string of the molecule is CCOC(=O)[C@H](C)NP(=O)(N[C@H](C)C(=O)OCC)OC[C@H]1OC(n2cnc3c(OC)nc(N)nc32)C(C)(O)C1O. The lowest BCUT2D eigenvalue weighted by Gasteiger charge is -2.28. The standard InChI is InChI=1S/C22H36N7O10P/c1-7-36-18(31)11(3)27-40(34,28-12(4)19(32)37-8-2)38-9-13-15(30)22(5,33)20(39-13)29-10-24-14-16(29)25-21(23)26-17(14)35-6/h10-13,15,20,30,33H,7-9H2,1-6H3,(H2,23,25,26)(H2,27,28,34)/t11-,12+,13-,15?,20?,22?,40?/m1/s1. The first kappa shape index (κ1) is 31.6. The number of imidazole rings is 1. The predicted octanol–water partition coefficient (Wildman–Crippen LogP) is -0.366.